The lowest BCUT2D eigenvalue weighted by Crippen LogP contribution is -2.28. The standard InChI is InChI=1S/C14H16FN3O3S/c15-12-7-2-1-6-11(12)13-16-14(18-17-13)22(19,20)9-10-5-3-4-8-21-10/h1-2,6-7,10H,3-5,8-9H2,(H,16,17,18). The molecule has 1 fully saturated rings. The molecule has 118 valence electrons. The van der Waals surface area contributed by atoms with Crippen LogP contribution in [0.2, 0.25) is 0 Å². The Bertz CT molecular complexity index is 754. The van der Waals surface area contributed by atoms with Crippen LogP contribution in [0.5, 0.6) is 0 Å². The van der Waals surface area contributed by atoms with Crippen LogP contribution >= 0.6 is 0 Å². The molecule has 3 rings (SSSR count). The Morgan fingerprint density at radius 3 is 2.86 bits per heavy atom. The normalized spacial score (nSPS) is 19.2. The number of hydrogen-bond acceptors (Lipinski definition) is 5. The molecule has 0 radical (unpaired) electrons. The van der Waals surface area contributed by atoms with Crippen molar-refractivity contribution in [1.29, 1.82) is 0 Å². The number of aromatic amines is 1. The van der Waals surface area contributed by atoms with Gasteiger partial charge < -0.3 is 4.74 Å². The molecule has 1 saturated heterocycles. The van der Waals surface area contributed by atoms with E-state index < -0.39 is 15.7 Å². The summed E-state index contributed by atoms with van der Waals surface area (Å²) in [5.41, 5.74) is 0.161. The smallest absolute Gasteiger partial charge is 0.243 e. The summed E-state index contributed by atoms with van der Waals surface area (Å²) in [6, 6.07) is 5.96. The van der Waals surface area contributed by atoms with E-state index in [2.05, 4.69) is 15.2 Å². The largest absolute Gasteiger partial charge is 0.377 e. The van der Waals surface area contributed by atoms with Crippen molar-refractivity contribution in [2.45, 2.75) is 30.5 Å². The molecule has 1 N–H and O–H groups in total. The third-order valence-corrected chi connectivity index (χ3v) is 5.14. The van der Waals surface area contributed by atoms with Gasteiger partial charge in [0, 0.05) is 6.61 Å². The number of aromatic nitrogens is 3. The second kappa shape index (κ2) is 6.13. The van der Waals surface area contributed by atoms with Crippen LogP contribution in [0.4, 0.5) is 4.39 Å². The molecule has 1 aliphatic heterocycles. The molecule has 1 atom stereocenters. The Labute approximate surface area is 127 Å². The SMILES string of the molecule is O=S(=O)(CC1CCCCO1)c1nc(-c2ccccc2F)n[nH]1. The van der Waals surface area contributed by atoms with Crippen molar-refractivity contribution >= 4 is 9.84 Å². The quantitative estimate of drug-likeness (QED) is 0.929. The molecule has 1 aromatic heterocycles. The van der Waals surface area contributed by atoms with E-state index in [4.69, 9.17) is 4.74 Å². The minimum Gasteiger partial charge on any atom is -0.377 e. The molecule has 22 heavy (non-hydrogen) atoms. The average molecular weight is 325 g/mol. The van der Waals surface area contributed by atoms with Gasteiger partial charge in [0.25, 0.3) is 0 Å². The Hall–Kier alpha value is -1.80. The van der Waals surface area contributed by atoms with E-state index >= 15 is 0 Å². The molecule has 1 aliphatic rings. The zero-order valence-corrected chi connectivity index (χ0v) is 12.6. The molecule has 2 aromatic rings. The lowest BCUT2D eigenvalue weighted by atomic mass is 10.1. The first kappa shape index (κ1) is 15.1. The highest BCUT2D eigenvalue weighted by atomic mass is 32.2. The van der Waals surface area contributed by atoms with Crippen molar-refractivity contribution in [3.63, 3.8) is 0 Å². The van der Waals surface area contributed by atoms with Gasteiger partial charge in [-0.2, -0.15) is 10.1 Å². The molecule has 1 unspecified atom stereocenters. The maximum Gasteiger partial charge on any atom is 0.243 e. The van der Waals surface area contributed by atoms with Crippen LogP contribution in [-0.2, 0) is 14.6 Å². The molecule has 2 heterocycles. The summed E-state index contributed by atoms with van der Waals surface area (Å²) < 4.78 is 43.8. The van der Waals surface area contributed by atoms with Crippen LogP contribution in [0.25, 0.3) is 11.4 Å². The van der Waals surface area contributed by atoms with Gasteiger partial charge in [0.1, 0.15) is 5.82 Å². The van der Waals surface area contributed by atoms with Gasteiger partial charge in [-0.15, -0.1) is 0 Å². The molecule has 1 aromatic carbocycles. The number of sulfone groups is 1. The van der Waals surface area contributed by atoms with Gasteiger partial charge >= 0.3 is 0 Å². The molecule has 0 bridgehead atoms. The topological polar surface area (TPSA) is 84.9 Å². The van der Waals surface area contributed by atoms with Crippen molar-refractivity contribution in [1.82, 2.24) is 15.2 Å². The number of H-pyrrole nitrogens is 1. The van der Waals surface area contributed by atoms with Crippen LogP contribution in [0.15, 0.2) is 29.4 Å². The van der Waals surface area contributed by atoms with E-state index in [0.29, 0.717) is 13.0 Å². The number of nitrogens with zero attached hydrogens (tertiary/aromatic N) is 2. The monoisotopic (exact) mass is 325 g/mol. The lowest BCUT2D eigenvalue weighted by Gasteiger charge is -2.21. The lowest BCUT2D eigenvalue weighted by molar-refractivity contribution is 0.0304. The first-order chi connectivity index (χ1) is 10.6. The maximum absolute atomic E-state index is 13.7. The van der Waals surface area contributed by atoms with Gasteiger partial charge in [-0.05, 0) is 31.4 Å². The number of hydrogen-bond donors (Lipinski definition) is 1. The molecule has 0 aliphatic carbocycles. The summed E-state index contributed by atoms with van der Waals surface area (Å²) in [5, 5.41) is 5.95. The van der Waals surface area contributed by atoms with Gasteiger partial charge in [-0.1, -0.05) is 12.1 Å². The van der Waals surface area contributed by atoms with E-state index in [1.807, 2.05) is 0 Å². The number of nitrogens with one attached hydrogen (secondary N) is 1. The van der Waals surface area contributed by atoms with Crippen LogP contribution in [0.1, 0.15) is 19.3 Å². The highest BCUT2D eigenvalue weighted by molar-refractivity contribution is 7.91. The zero-order chi connectivity index (χ0) is 15.6. The Morgan fingerprint density at radius 2 is 2.14 bits per heavy atom. The number of ether oxygens (including phenoxy) is 1. The minimum atomic E-state index is -3.64. The summed E-state index contributed by atoms with van der Waals surface area (Å²) >= 11 is 0. The summed E-state index contributed by atoms with van der Waals surface area (Å²) in [6.45, 7) is 0.580. The Balaban J connectivity index is 1.82. The van der Waals surface area contributed by atoms with E-state index in [1.165, 1.54) is 12.1 Å². The summed E-state index contributed by atoms with van der Waals surface area (Å²) in [6.07, 6.45) is 2.31. The predicted octanol–water partition coefficient (Wildman–Crippen LogP) is 1.95. The third kappa shape index (κ3) is 3.17. The van der Waals surface area contributed by atoms with Crippen molar-refractivity contribution in [3.05, 3.63) is 30.1 Å². The van der Waals surface area contributed by atoms with Crippen molar-refractivity contribution < 1.29 is 17.5 Å². The maximum atomic E-state index is 13.7. The zero-order valence-electron chi connectivity index (χ0n) is 11.8. The van der Waals surface area contributed by atoms with Crippen LogP contribution < -0.4 is 0 Å². The number of halogens is 1. The molecule has 0 amide bonds. The van der Waals surface area contributed by atoms with Gasteiger partial charge in [0.05, 0.1) is 17.4 Å². The molecular formula is C14H16FN3O3S. The fourth-order valence-electron chi connectivity index (χ4n) is 2.41. The molecule has 6 nitrogen and oxygen atoms in total. The highest BCUT2D eigenvalue weighted by Gasteiger charge is 2.27. The van der Waals surface area contributed by atoms with Crippen molar-refractivity contribution in [2.75, 3.05) is 12.4 Å². The van der Waals surface area contributed by atoms with Gasteiger partial charge in [-0.25, -0.2) is 17.9 Å². The average Bonchev–Trinajstić information content (AvgIpc) is 2.99. The van der Waals surface area contributed by atoms with E-state index in [9.17, 15) is 12.8 Å². The van der Waals surface area contributed by atoms with Gasteiger partial charge in [0.15, 0.2) is 5.82 Å². The van der Waals surface area contributed by atoms with Crippen LogP contribution in [0, 0.1) is 5.82 Å². The fraction of sp³-hybridized carbons (Fsp3) is 0.429. The second-order valence-corrected chi connectivity index (χ2v) is 7.16. The minimum absolute atomic E-state index is 0.0289. The first-order valence-corrected chi connectivity index (χ1v) is 8.73. The van der Waals surface area contributed by atoms with Crippen LogP contribution in [-0.4, -0.2) is 42.1 Å². The van der Waals surface area contributed by atoms with E-state index in [1.54, 1.807) is 12.1 Å². The fourth-order valence-corrected chi connectivity index (χ4v) is 3.73. The summed E-state index contributed by atoms with van der Waals surface area (Å²) in [4.78, 5) is 3.93. The number of rotatable bonds is 4. The van der Waals surface area contributed by atoms with Gasteiger partial charge in [0.2, 0.25) is 15.0 Å². The molecule has 0 spiro atoms. The van der Waals surface area contributed by atoms with Gasteiger partial charge in [-0.3, -0.25) is 0 Å². The van der Waals surface area contributed by atoms with Crippen LogP contribution in [0.3, 0.4) is 0 Å². The number of benzene rings is 1. The Morgan fingerprint density at radius 1 is 1.32 bits per heavy atom. The van der Waals surface area contributed by atoms with E-state index in [0.717, 1.165) is 12.8 Å². The van der Waals surface area contributed by atoms with E-state index in [-0.39, 0.29) is 28.4 Å². The molecule has 0 saturated carbocycles. The molecule has 8 heteroatoms. The predicted molar refractivity (Wildman–Crippen MR) is 77.4 cm³/mol. The Kier molecular flexibility index (Phi) is 4.21. The van der Waals surface area contributed by atoms with Crippen molar-refractivity contribution in [2.24, 2.45) is 0 Å². The third-order valence-electron chi connectivity index (χ3n) is 3.55. The summed E-state index contributed by atoms with van der Waals surface area (Å²) in [5.74, 6) is -0.610. The van der Waals surface area contributed by atoms with Crippen molar-refractivity contribution in [3.8, 4) is 11.4 Å². The first-order valence-electron chi connectivity index (χ1n) is 7.08. The second-order valence-electron chi connectivity index (χ2n) is 5.21. The summed E-state index contributed by atoms with van der Waals surface area (Å²) in [7, 11) is -3.64. The highest BCUT2D eigenvalue weighted by Crippen LogP contribution is 2.21. The molecular weight excluding hydrogens is 309 g/mol.